The highest BCUT2D eigenvalue weighted by Gasteiger charge is 2.42. The van der Waals surface area contributed by atoms with E-state index in [-0.39, 0.29) is 0 Å². The number of nitrogens with zero attached hydrogens (tertiary/aromatic N) is 3. The molecule has 2 heterocycles. The van der Waals surface area contributed by atoms with E-state index in [1.165, 1.54) is 0 Å². The highest BCUT2D eigenvalue weighted by atomic mass is 31.2. The van der Waals surface area contributed by atoms with Gasteiger partial charge in [0.15, 0.2) is 12.8 Å². The molecule has 1 aliphatic heterocycles. The lowest BCUT2D eigenvalue weighted by Crippen LogP contribution is -2.21. The molecular formula is C32H18N3OP. The summed E-state index contributed by atoms with van der Waals surface area (Å²) in [5, 5.41) is 14.1. The number of para-hydroxylation sites is 1. The second-order valence-corrected chi connectivity index (χ2v) is 11.8. The second kappa shape index (κ2) is 7.81. The lowest BCUT2D eigenvalue weighted by atomic mass is 10.0. The molecule has 0 bridgehead atoms. The highest BCUT2D eigenvalue weighted by Crippen LogP contribution is 2.55. The Morgan fingerprint density at radius 2 is 1.54 bits per heavy atom. The predicted molar refractivity (Wildman–Crippen MR) is 150 cm³/mol. The first-order chi connectivity index (χ1) is 18.1. The molecule has 172 valence electrons. The van der Waals surface area contributed by atoms with Crippen LogP contribution in [0.1, 0.15) is 5.56 Å². The van der Waals surface area contributed by atoms with Gasteiger partial charge < -0.3 is 9.13 Å². The third kappa shape index (κ3) is 2.85. The van der Waals surface area contributed by atoms with E-state index in [4.69, 9.17) is 6.57 Å². The van der Waals surface area contributed by atoms with Gasteiger partial charge in [-0.2, -0.15) is 5.26 Å². The highest BCUT2D eigenvalue weighted by molar-refractivity contribution is 7.86. The van der Waals surface area contributed by atoms with Gasteiger partial charge in [-0.05, 0) is 41.5 Å². The molecule has 4 nitrogen and oxygen atoms in total. The second-order valence-electron chi connectivity index (χ2n) is 9.13. The van der Waals surface area contributed by atoms with Crippen molar-refractivity contribution in [2.24, 2.45) is 0 Å². The van der Waals surface area contributed by atoms with Crippen LogP contribution in [-0.2, 0) is 4.57 Å². The van der Waals surface area contributed by atoms with Gasteiger partial charge in [0.1, 0.15) is 0 Å². The zero-order valence-corrected chi connectivity index (χ0v) is 20.5. The summed E-state index contributed by atoms with van der Waals surface area (Å²) >= 11 is 0. The van der Waals surface area contributed by atoms with Gasteiger partial charge in [0.25, 0.3) is 0 Å². The first kappa shape index (κ1) is 21.4. The topological polar surface area (TPSA) is 50.1 Å². The molecule has 6 aromatic rings. The van der Waals surface area contributed by atoms with Crippen molar-refractivity contribution in [2.75, 3.05) is 0 Å². The summed E-state index contributed by atoms with van der Waals surface area (Å²) in [5.74, 6) is 0. The predicted octanol–water partition coefficient (Wildman–Crippen LogP) is 6.83. The lowest BCUT2D eigenvalue weighted by molar-refractivity contribution is 0.593. The van der Waals surface area contributed by atoms with Crippen molar-refractivity contribution >= 4 is 50.5 Å². The Morgan fingerprint density at radius 3 is 2.35 bits per heavy atom. The summed E-state index contributed by atoms with van der Waals surface area (Å²) in [6, 6.07) is 37.4. The Hall–Kier alpha value is -4.89. The molecule has 5 heteroatoms. The van der Waals surface area contributed by atoms with Crippen LogP contribution in [0.3, 0.4) is 0 Å². The number of fused-ring (bicyclic) bond motifs is 7. The minimum atomic E-state index is -3.18. The summed E-state index contributed by atoms with van der Waals surface area (Å²) in [4.78, 5) is 3.60. The molecule has 1 aliphatic rings. The molecule has 0 aliphatic carbocycles. The van der Waals surface area contributed by atoms with Gasteiger partial charge in [0.2, 0.25) is 0 Å². The number of benzene rings is 5. The Kier molecular flexibility index (Phi) is 4.51. The molecule has 0 N–H and O–H groups in total. The molecule has 0 amide bonds. The van der Waals surface area contributed by atoms with Crippen LogP contribution in [0.5, 0.6) is 0 Å². The van der Waals surface area contributed by atoms with Gasteiger partial charge in [0, 0.05) is 37.9 Å². The maximum absolute atomic E-state index is 15.4. The SMILES string of the molecule is [C-]#[N+]c1cc(C#N)cc(-n2c3ccccc3c3c4c(ccc32)-c2ccccc2P4(=O)c2ccccc2)c1. The van der Waals surface area contributed by atoms with E-state index < -0.39 is 7.14 Å². The zero-order chi connectivity index (χ0) is 25.1. The Labute approximate surface area is 213 Å². The third-order valence-electron chi connectivity index (χ3n) is 7.20. The third-order valence-corrected chi connectivity index (χ3v) is 10.4. The molecule has 7 rings (SSSR count). The first-order valence-electron chi connectivity index (χ1n) is 11.9. The summed E-state index contributed by atoms with van der Waals surface area (Å²) in [6.07, 6.45) is 0. The standard InChI is InChI=1S/C32H18N3OP/c1-34-22-17-21(20-33)18-23(19-22)35-28-13-7-5-12-27(28)31-29(35)16-15-26-25-11-6-8-14-30(25)37(36,32(26)31)24-9-3-2-4-10-24/h2-19H. The van der Waals surface area contributed by atoms with Crippen molar-refractivity contribution in [3.8, 4) is 22.9 Å². The van der Waals surface area contributed by atoms with Crippen LogP contribution in [-0.4, -0.2) is 4.57 Å². The summed E-state index contributed by atoms with van der Waals surface area (Å²) in [5.41, 5.74) is 5.40. The smallest absolute Gasteiger partial charge is 0.190 e. The number of aromatic nitrogens is 1. The Balaban J connectivity index is 1.68. The molecule has 0 radical (unpaired) electrons. The van der Waals surface area contributed by atoms with E-state index >= 15 is 4.57 Å². The van der Waals surface area contributed by atoms with Crippen molar-refractivity contribution in [1.29, 1.82) is 5.26 Å². The number of hydrogen-bond acceptors (Lipinski definition) is 2. The summed E-state index contributed by atoms with van der Waals surface area (Å²) in [7, 11) is -3.18. The van der Waals surface area contributed by atoms with Crippen LogP contribution in [0.4, 0.5) is 5.69 Å². The molecule has 37 heavy (non-hydrogen) atoms. The van der Waals surface area contributed by atoms with Gasteiger partial charge in [-0.3, -0.25) is 0 Å². The van der Waals surface area contributed by atoms with Crippen LogP contribution in [0, 0.1) is 17.9 Å². The fourth-order valence-corrected chi connectivity index (χ4v) is 9.00. The minimum Gasteiger partial charge on any atom is -0.310 e. The molecule has 0 saturated heterocycles. The van der Waals surface area contributed by atoms with E-state index in [2.05, 4.69) is 39.7 Å². The average molecular weight is 491 g/mol. The normalized spacial score (nSPS) is 15.7. The van der Waals surface area contributed by atoms with Crippen LogP contribution < -0.4 is 15.9 Å². The van der Waals surface area contributed by atoms with Crippen molar-refractivity contribution in [3.63, 3.8) is 0 Å². The van der Waals surface area contributed by atoms with Gasteiger partial charge in [-0.1, -0.05) is 78.9 Å². The van der Waals surface area contributed by atoms with Crippen LogP contribution in [0.15, 0.2) is 109 Å². The molecule has 1 atom stereocenters. The van der Waals surface area contributed by atoms with Crippen LogP contribution in [0.25, 0.3) is 43.5 Å². The fraction of sp³-hybridized carbons (Fsp3) is 0. The van der Waals surface area contributed by atoms with E-state index in [0.717, 1.165) is 54.5 Å². The average Bonchev–Trinajstić information content (AvgIpc) is 3.44. The molecule has 5 aromatic carbocycles. The monoisotopic (exact) mass is 491 g/mol. The molecule has 0 spiro atoms. The Morgan fingerprint density at radius 1 is 0.784 bits per heavy atom. The van der Waals surface area contributed by atoms with E-state index in [9.17, 15) is 5.26 Å². The number of nitriles is 1. The van der Waals surface area contributed by atoms with Crippen molar-refractivity contribution in [3.05, 3.63) is 126 Å². The first-order valence-corrected chi connectivity index (χ1v) is 13.6. The maximum Gasteiger partial charge on any atom is 0.190 e. The van der Waals surface area contributed by atoms with Crippen molar-refractivity contribution in [2.45, 2.75) is 0 Å². The molecule has 1 aromatic heterocycles. The molecule has 0 fully saturated rings. The number of rotatable bonds is 2. The molecule has 0 saturated carbocycles. The van der Waals surface area contributed by atoms with Gasteiger partial charge in [-0.15, -0.1) is 0 Å². The lowest BCUT2D eigenvalue weighted by Gasteiger charge is -2.17. The molecule has 1 unspecified atom stereocenters. The summed E-state index contributed by atoms with van der Waals surface area (Å²) in [6.45, 7) is 7.56. The zero-order valence-electron chi connectivity index (χ0n) is 19.6. The largest absolute Gasteiger partial charge is 0.310 e. The van der Waals surface area contributed by atoms with E-state index in [1.54, 1.807) is 18.2 Å². The van der Waals surface area contributed by atoms with Crippen molar-refractivity contribution < 1.29 is 4.57 Å². The fourth-order valence-electron chi connectivity index (χ4n) is 5.72. The van der Waals surface area contributed by atoms with E-state index in [1.807, 2.05) is 66.7 Å². The van der Waals surface area contributed by atoms with Crippen LogP contribution >= 0.6 is 7.14 Å². The van der Waals surface area contributed by atoms with Gasteiger partial charge in [0.05, 0.1) is 23.7 Å². The summed E-state index contributed by atoms with van der Waals surface area (Å²) < 4.78 is 17.5. The minimum absolute atomic E-state index is 0.406. The van der Waals surface area contributed by atoms with Gasteiger partial charge >= 0.3 is 0 Å². The maximum atomic E-state index is 15.4. The van der Waals surface area contributed by atoms with Crippen molar-refractivity contribution in [1.82, 2.24) is 4.57 Å². The van der Waals surface area contributed by atoms with E-state index in [0.29, 0.717) is 11.3 Å². The quantitative estimate of drug-likeness (QED) is 0.197. The van der Waals surface area contributed by atoms with Gasteiger partial charge in [-0.25, -0.2) is 4.85 Å². The Bertz CT molecular complexity index is 2010. The number of hydrogen-bond donors (Lipinski definition) is 0. The molecular weight excluding hydrogens is 473 g/mol. The van der Waals surface area contributed by atoms with Crippen LogP contribution in [0.2, 0.25) is 0 Å².